The topological polar surface area (TPSA) is 58.6 Å². The number of ether oxygens (including phenoxy) is 1. The molecule has 2 aromatic carbocycles. The zero-order valence-electron chi connectivity index (χ0n) is 14.8. The van der Waals surface area contributed by atoms with E-state index in [0.717, 1.165) is 5.56 Å². The van der Waals surface area contributed by atoms with Gasteiger partial charge in [-0.1, -0.05) is 29.3 Å². The van der Waals surface area contributed by atoms with Gasteiger partial charge in [-0.3, -0.25) is 9.59 Å². The van der Waals surface area contributed by atoms with E-state index in [2.05, 4.69) is 5.32 Å². The highest BCUT2D eigenvalue weighted by atomic mass is 35.5. The number of likely N-dealkylation sites (N-methyl/N-ethyl adjacent to an activating group) is 1. The van der Waals surface area contributed by atoms with Crippen LogP contribution in [0, 0.1) is 6.92 Å². The maximum absolute atomic E-state index is 12.8. The molecule has 5 nitrogen and oxygen atoms in total. The zero-order valence-corrected chi connectivity index (χ0v) is 16.3. The van der Waals surface area contributed by atoms with E-state index in [4.69, 9.17) is 27.9 Å². The summed E-state index contributed by atoms with van der Waals surface area (Å²) in [6.45, 7) is 3.92. The average Bonchev–Trinajstić information content (AvgIpc) is 2.62. The van der Waals surface area contributed by atoms with Gasteiger partial charge in [0.25, 0.3) is 5.91 Å². The molecule has 0 fully saturated rings. The highest BCUT2D eigenvalue weighted by Gasteiger charge is 2.21. The molecule has 0 saturated heterocycles. The van der Waals surface area contributed by atoms with Gasteiger partial charge in [-0.25, -0.2) is 0 Å². The summed E-state index contributed by atoms with van der Waals surface area (Å²) < 4.78 is 5.22. The molecule has 2 amide bonds. The number of anilines is 1. The molecule has 0 atom stereocenters. The molecule has 0 aliphatic rings. The van der Waals surface area contributed by atoms with Crippen LogP contribution < -0.4 is 10.1 Å². The van der Waals surface area contributed by atoms with Crippen molar-refractivity contribution >= 4 is 40.7 Å². The summed E-state index contributed by atoms with van der Waals surface area (Å²) in [6.07, 6.45) is 0. The Labute approximate surface area is 162 Å². The maximum Gasteiger partial charge on any atom is 0.258 e. The summed E-state index contributed by atoms with van der Waals surface area (Å²) in [5.74, 6) is -0.236. The largest absolute Gasteiger partial charge is 0.496 e. The van der Waals surface area contributed by atoms with E-state index < -0.39 is 0 Å². The molecule has 0 spiro atoms. The van der Waals surface area contributed by atoms with Crippen LogP contribution in [0.5, 0.6) is 5.75 Å². The maximum atomic E-state index is 12.8. The molecule has 1 N–H and O–H groups in total. The lowest BCUT2D eigenvalue weighted by atomic mass is 10.1. The first-order valence-electron chi connectivity index (χ1n) is 8.04. The van der Waals surface area contributed by atoms with Crippen molar-refractivity contribution in [2.45, 2.75) is 13.8 Å². The summed E-state index contributed by atoms with van der Waals surface area (Å²) in [5.41, 5.74) is 1.81. The third kappa shape index (κ3) is 4.90. The molecule has 0 aromatic heterocycles. The second-order valence-electron chi connectivity index (χ2n) is 5.67. The Morgan fingerprint density at radius 1 is 1.12 bits per heavy atom. The first-order chi connectivity index (χ1) is 12.3. The van der Waals surface area contributed by atoms with Crippen molar-refractivity contribution in [1.29, 1.82) is 0 Å². The Hall–Kier alpha value is -2.24. The predicted octanol–water partition coefficient (Wildman–Crippen LogP) is 4.41. The minimum absolute atomic E-state index is 0.100. The van der Waals surface area contributed by atoms with E-state index in [0.29, 0.717) is 33.6 Å². The highest BCUT2D eigenvalue weighted by Crippen LogP contribution is 2.24. The highest BCUT2D eigenvalue weighted by molar-refractivity contribution is 6.31. The molecule has 2 rings (SSSR count). The van der Waals surface area contributed by atoms with Crippen molar-refractivity contribution < 1.29 is 14.3 Å². The van der Waals surface area contributed by atoms with Crippen molar-refractivity contribution in [2.24, 2.45) is 0 Å². The second kappa shape index (κ2) is 8.92. The van der Waals surface area contributed by atoms with Gasteiger partial charge in [0.15, 0.2) is 0 Å². The smallest absolute Gasteiger partial charge is 0.258 e. The number of aryl methyl sites for hydroxylation is 1. The number of carbonyl (C=O) groups excluding carboxylic acids is 2. The van der Waals surface area contributed by atoms with E-state index in [9.17, 15) is 9.59 Å². The van der Waals surface area contributed by atoms with Crippen LogP contribution in [0.25, 0.3) is 0 Å². The molecule has 0 aliphatic heterocycles. The third-order valence-corrected chi connectivity index (χ3v) is 4.34. The van der Waals surface area contributed by atoms with Crippen LogP contribution in [0.2, 0.25) is 10.0 Å². The van der Waals surface area contributed by atoms with Gasteiger partial charge >= 0.3 is 0 Å². The number of rotatable bonds is 6. The third-order valence-electron chi connectivity index (χ3n) is 3.87. The van der Waals surface area contributed by atoms with Gasteiger partial charge in [0.05, 0.1) is 12.7 Å². The Morgan fingerprint density at radius 3 is 2.42 bits per heavy atom. The van der Waals surface area contributed by atoms with Gasteiger partial charge < -0.3 is 15.0 Å². The molecule has 2 aromatic rings. The lowest BCUT2D eigenvalue weighted by Crippen LogP contribution is -2.38. The molecule has 0 bridgehead atoms. The van der Waals surface area contributed by atoms with Crippen LogP contribution in [-0.4, -0.2) is 36.9 Å². The first kappa shape index (κ1) is 20.1. The molecule has 0 radical (unpaired) electrons. The minimum atomic E-state index is -0.329. The van der Waals surface area contributed by atoms with Crippen LogP contribution >= 0.6 is 23.2 Å². The number of benzene rings is 2. The number of hydrogen-bond acceptors (Lipinski definition) is 3. The zero-order chi connectivity index (χ0) is 19.3. The monoisotopic (exact) mass is 394 g/mol. The van der Waals surface area contributed by atoms with Crippen molar-refractivity contribution in [1.82, 2.24) is 4.90 Å². The summed E-state index contributed by atoms with van der Waals surface area (Å²) in [4.78, 5) is 26.6. The van der Waals surface area contributed by atoms with Gasteiger partial charge in [-0.2, -0.15) is 0 Å². The number of nitrogens with zero attached hydrogens (tertiary/aromatic N) is 1. The SMILES string of the molecule is CCN(CC(=O)Nc1cc(Cl)ccc1C)C(=O)c1cc(Cl)ccc1OC. The van der Waals surface area contributed by atoms with Crippen molar-refractivity contribution in [3.8, 4) is 5.75 Å². The number of hydrogen-bond donors (Lipinski definition) is 1. The Kier molecular flexibility index (Phi) is 6.89. The Morgan fingerprint density at radius 2 is 1.77 bits per heavy atom. The minimum Gasteiger partial charge on any atom is -0.496 e. The van der Waals surface area contributed by atoms with Crippen molar-refractivity contribution in [3.05, 3.63) is 57.6 Å². The van der Waals surface area contributed by atoms with Crippen molar-refractivity contribution in [3.63, 3.8) is 0 Å². The molecule has 0 heterocycles. The van der Waals surface area contributed by atoms with Crippen LogP contribution in [0.4, 0.5) is 5.69 Å². The fourth-order valence-corrected chi connectivity index (χ4v) is 2.78. The van der Waals surface area contributed by atoms with Gasteiger partial charge in [0.2, 0.25) is 5.91 Å². The average molecular weight is 395 g/mol. The normalized spacial score (nSPS) is 10.3. The first-order valence-corrected chi connectivity index (χ1v) is 8.80. The van der Waals surface area contributed by atoms with Crippen molar-refractivity contribution in [2.75, 3.05) is 25.5 Å². The Balaban J connectivity index is 2.16. The van der Waals surface area contributed by atoms with E-state index in [1.807, 2.05) is 13.0 Å². The number of halogens is 2. The molecular formula is C19H20Cl2N2O3. The second-order valence-corrected chi connectivity index (χ2v) is 6.54. The summed E-state index contributed by atoms with van der Waals surface area (Å²) in [7, 11) is 1.48. The van der Waals surface area contributed by atoms with E-state index in [-0.39, 0.29) is 18.4 Å². The van der Waals surface area contributed by atoms with E-state index >= 15 is 0 Å². The fraction of sp³-hybridized carbons (Fsp3) is 0.263. The standard InChI is InChI=1S/C19H20Cl2N2O3/c1-4-23(19(25)15-9-13(20)7-8-17(15)26-3)11-18(24)22-16-10-14(21)6-5-12(16)2/h5-10H,4,11H2,1-3H3,(H,22,24). The number of nitrogens with one attached hydrogen (secondary N) is 1. The fourth-order valence-electron chi connectivity index (χ4n) is 2.44. The lowest BCUT2D eigenvalue weighted by Gasteiger charge is -2.22. The van der Waals surface area contributed by atoms with Crippen LogP contribution in [-0.2, 0) is 4.79 Å². The Bertz CT molecular complexity index is 824. The summed E-state index contributed by atoms with van der Waals surface area (Å²) in [6, 6.07) is 10.0. The van der Waals surface area contributed by atoms with Gasteiger partial charge in [0, 0.05) is 22.3 Å². The number of methoxy groups -OCH3 is 1. The molecule has 138 valence electrons. The van der Waals surface area contributed by atoms with Gasteiger partial charge in [-0.05, 0) is 49.7 Å². The van der Waals surface area contributed by atoms with Crippen LogP contribution in [0.1, 0.15) is 22.8 Å². The summed E-state index contributed by atoms with van der Waals surface area (Å²) >= 11 is 12.0. The molecule has 26 heavy (non-hydrogen) atoms. The number of amides is 2. The number of carbonyl (C=O) groups is 2. The molecule has 0 saturated carbocycles. The molecule has 0 aliphatic carbocycles. The van der Waals surface area contributed by atoms with Crippen LogP contribution in [0.15, 0.2) is 36.4 Å². The molecular weight excluding hydrogens is 375 g/mol. The van der Waals surface area contributed by atoms with E-state index in [1.165, 1.54) is 18.1 Å². The quantitative estimate of drug-likeness (QED) is 0.788. The van der Waals surface area contributed by atoms with Gasteiger partial charge in [-0.15, -0.1) is 0 Å². The lowest BCUT2D eigenvalue weighted by molar-refractivity contribution is -0.116. The predicted molar refractivity (Wildman–Crippen MR) is 104 cm³/mol. The van der Waals surface area contributed by atoms with Crippen LogP contribution in [0.3, 0.4) is 0 Å². The molecule has 7 heteroatoms. The molecule has 0 unspecified atom stereocenters. The summed E-state index contributed by atoms with van der Waals surface area (Å²) in [5, 5.41) is 3.73. The van der Waals surface area contributed by atoms with E-state index in [1.54, 1.807) is 31.2 Å². The van der Waals surface area contributed by atoms with Gasteiger partial charge in [0.1, 0.15) is 12.3 Å².